The first kappa shape index (κ1) is 15.1. The number of sulfone groups is 1. The van der Waals surface area contributed by atoms with Crippen LogP contribution >= 0.6 is 23.2 Å². The van der Waals surface area contributed by atoms with E-state index in [-0.39, 0.29) is 29.9 Å². The minimum absolute atomic E-state index is 0.0155. The Morgan fingerprint density at radius 2 is 2.11 bits per heavy atom. The van der Waals surface area contributed by atoms with Gasteiger partial charge in [0, 0.05) is 16.7 Å². The third-order valence-electron chi connectivity index (χ3n) is 3.67. The summed E-state index contributed by atoms with van der Waals surface area (Å²) in [6.07, 6.45) is 1.20. The largest absolute Gasteiger partial charge is 0.396 e. The van der Waals surface area contributed by atoms with Gasteiger partial charge in [0.15, 0.2) is 9.84 Å². The number of halogens is 2. The Bertz CT molecular complexity index is 557. The van der Waals surface area contributed by atoms with E-state index in [2.05, 4.69) is 0 Å². The Kier molecular flexibility index (Phi) is 4.77. The zero-order valence-corrected chi connectivity index (χ0v) is 12.7. The smallest absolute Gasteiger partial charge is 0.150 e. The van der Waals surface area contributed by atoms with Crippen molar-refractivity contribution in [3.8, 4) is 0 Å². The maximum atomic E-state index is 11.5. The second kappa shape index (κ2) is 6.00. The van der Waals surface area contributed by atoms with Crippen LogP contribution in [0.3, 0.4) is 0 Å². The van der Waals surface area contributed by atoms with Crippen LogP contribution in [0.25, 0.3) is 0 Å². The first-order chi connectivity index (χ1) is 8.91. The fraction of sp³-hybridized carbons (Fsp3) is 0.538. The molecule has 1 aromatic rings. The van der Waals surface area contributed by atoms with Gasteiger partial charge in [-0.05, 0) is 42.4 Å². The van der Waals surface area contributed by atoms with Crippen LogP contribution in [0, 0.1) is 11.8 Å². The molecule has 0 aromatic heterocycles. The van der Waals surface area contributed by atoms with Gasteiger partial charge >= 0.3 is 0 Å². The number of rotatable bonds is 4. The standard InChI is InChI=1S/C13H16Cl2O3S/c14-12-2-1-9(13(15)6-12)5-11(7-16)10-3-4-19(17,18)8-10/h1-2,6,10-11,16H,3-5,7-8H2. The molecule has 0 amide bonds. The Hall–Kier alpha value is -0.290. The monoisotopic (exact) mass is 322 g/mol. The maximum absolute atomic E-state index is 11.5. The summed E-state index contributed by atoms with van der Waals surface area (Å²) < 4.78 is 23.0. The average molecular weight is 323 g/mol. The van der Waals surface area contributed by atoms with Gasteiger partial charge in [0.2, 0.25) is 0 Å². The van der Waals surface area contributed by atoms with Crippen molar-refractivity contribution in [3.05, 3.63) is 33.8 Å². The molecule has 1 aliphatic heterocycles. The normalized spacial score (nSPS) is 23.4. The summed E-state index contributed by atoms with van der Waals surface area (Å²) in [5.41, 5.74) is 0.898. The van der Waals surface area contributed by atoms with Gasteiger partial charge in [-0.3, -0.25) is 0 Å². The highest BCUT2D eigenvalue weighted by molar-refractivity contribution is 7.91. The molecule has 1 fully saturated rings. The molecule has 1 N–H and O–H groups in total. The first-order valence-electron chi connectivity index (χ1n) is 6.16. The quantitative estimate of drug-likeness (QED) is 0.926. The number of aliphatic hydroxyl groups excluding tert-OH is 1. The molecule has 0 spiro atoms. The zero-order valence-electron chi connectivity index (χ0n) is 10.4. The molecule has 3 nitrogen and oxygen atoms in total. The number of benzene rings is 1. The second-order valence-corrected chi connectivity index (χ2v) is 8.12. The lowest BCUT2D eigenvalue weighted by molar-refractivity contribution is 0.184. The minimum atomic E-state index is -2.92. The van der Waals surface area contributed by atoms with Gasteiger partial charge in [0.1, 0.15) is 0 Å². The van der Waals surface area contributed by atoms with E-state index in [1.165, 1.54) is 0 Å². The lowest BCUT2D eigenvalue weighted by atomic mass is 9.87. The van der Waals surface area contributed by atoms with E-state index in [0.29, 0.717) is 22.9 Å². The van der Waals surface area contributed by atoms with Gasteiger partial charge < -0.3 is 5.11 Å². The molecular formula is C13H16Cl2O3S. The third-order valence-corrected chi connectivity index (χ3v) is 6.05. The molecule has 106 valence electrons. The summed E-state index contributed by atoms with van der Waals surface area (Å²) in [6, 6.07) is 5.25. The van der Waals surface area contributed by atoms with Gasteiger partial charge in [-0.25, -0.2) is 8.42 Å². The van der Waals surface area contributed by atoms with Crippen LogP contribution in [-0.2, 0) is 16.3 Å². The molecule has 1 saturated heterocycles. The van der Waals surface area contributed by atoms with E-state index < -0.39 is 9.84 Å². The van der Waals surface area contributed by atoms with Crippen LogP contribution < -0.4 is 0 Å². The van der Waals surface area contributed by atoms with Crippen molar-refractivity contribution in [3.63, 3.8) is 0 Å². The Morgan fingerprint density at radius 1 is 1.37 bits per heavy atom. The van der Waals surface area contributed by atoms with Crippen LogP contribution in [-0.4, -0.2) is 31.6 Å². The summed E-state index contributed by atoms with van der Waals surface area (Å²) in [7, 11) is -2.92. The summed E-state index contributed by atoms with van der Waals surface area (Å²) in [6.45, 7) is -0.0286. The van der Waals surface area contributed by atoms with Crippen LogP contribution in [0.4, 0.5) is 0 Å². The van der Waals surface area contributed by atoms with E-state index in [4.69, 9.17) is 23.2 Å². The first-order valence-corrected chi connectivity index (χ1v) is 8.74. The van der Waals surface area contributed by atoms with Crippen molar-refractivity contribution in [1.29, 1.82) is 0 Å². The van der Waals surface area contributed by atoms with Gasteiger partial charge in [0.05, 0.1) is 11.5 Å². The zero-order chi connectivity index (χ0) is 14.0. The van der Waals surface area contributed by atoms with Crippen LogP contribution in [0.5, 0.6) is 0 Å². The SMILES string of the molecule is O=S1(=O)CCC(C(CO)Cc2ccc(Cl)cc2Cl)C1. The van der Waals surface area contributed by atoms with E-state index in [1.54, 1.807) is 12.1 Å². The fourth-order valence-electron chi connectivity index (χ4n) is 2.55. The number of hydrogen-bond donors (Lipinski definition) is 1. The maximum Gasteiger partial charge on any atom is 0.150 e. The molecule has 1 heterocycles. The molecule has 2 rings (SSSR count). The number of hydrogen-bond acceptors (Lipinski definition) is 3. The Morgan fingerprint density at radius 3 is 2.63 bits per heavy atom. The van der Waals surface area contributed by atoms with E-state index >= 15 is 0 Å². The van der Waals surface area contributed by atoms with Crippen LogP contribution in [0.2, 0.25) is 10.0 Å². The van der Waals surface area contributed by atoms with Crippen LogP contribution in [0.1, 0.15) is 12.0 Å². The van der Waals surface area contributed by atoms with Gasteiger partial charge in [0.25, 0.3) is 0 Å². The molecule has 0 bridgehead atoms. The number of aliphatic hydroxyl groups is 1. The van der Waals surface area contributed by atoms with Crippen molar-refractivity contribution in [2.24, 2.45) is 11.8 Å². The van der Waals surface area contributed by atoms with Gasteiger partial charge in [-0.15, -0.1) is 0 Å². The van der Waals surface area contributed by atoms with Crippen molar-refractivity contribution in [2.45, 2.75) is 12.8 Å². The molecule has 1 aromatic carbocycles. The van der Waals surface area contributed by atoms with Crippen molar-refractivity contribution >= 4 is 33.0 Å². The Labute approximate surface area is 123 Å². The topological polar surface area (TPSA) is 54.4 Å². The fourth-order valence-corrected chi connectivity index (χ4v) is 4.95. The van der Waals surface area contributed by atoms with Crippen LogP contribution in [0.15, 0.2) is 18.2 Å². The summed E-state index contributed by atoms with van der Waals surface area (Å²) in [5, 5.41) is 10.6. The van der Waals surface area contributed by atoms with Gasteiger partial charge in [-0.2, -0.15) is 0 Å². The second-order valence-electron chi connectivity index (χ2n) is 5.05. The highest BCUT2D eigenvalue weighted by Gasteiger charge is 2.33. The molecular weight excluding hydrogens is 307 g/mol. The molecule has 0 radical (unpaired) electrons. The van der Waals surface area contributed by atoms with Crippen molar-refractivity contribution in [1.82, 2.24) is 0 Å². The lowest BCUT2D eigenvalue weighted by Crippen LogP contribution is -2.22. The van der Waals surface area contributed by atoms with Crippen molar-refractivity contribution < 1.29 is 13.5 Å². The summed E-state index contributed by atoms with van der Waals surface area (Å²) >= 11 is 11.9. The predicted molar refractivity (Wildman–Crippen MR) is 77.5 cm³/mol. The molecule has 19 heavy (non-hydrogen) atoms. The third kappa shape index (κ3) is 3.85. The molecule has 0 aliphatic carbocycles. The lowest BCUT2D eigenvalue weighted by Gasteiger charge is -2.20. The van der Waals surface area contributed by atoms with E-state index in [9.17, 15) is 13.5 Å². The average Bonchev–Trinajstić information content (AvgIpc) is 2.69. The van der Waals surface area contributed by atoms with E-state index in [1.807, 2.05) is 6.07 Å². The highest BCUT2D eigenvalue weighted by atomic mass is 35.5. The highest BCUT2D eigenvalue weighted by Crippen LogP contribution is 2.31. The summed E-state index contributed by atoms with van der Waals surface area (Å²) in [4.78, 5) is 0. The van der Waals surface area contributed by atoms with Gasteiger partial charge in [-0.1, -0.05) is 29.3 Å². The molecule has 2 atom stereocenters. The molecule has 2 unspecified atom stereocenters. The molecule has 1 aliphatic rings. The predicted octanol–water partition coefficient (Wildman–Crippen LogP) is 2.58. The summed E-state index contributed by atoms with van der Waals surface area (Å²) in [5.74, 6) is 0.337. The van der Waals surface area contributed by atoms with E-state index in [0.717, 1.165) is 5.56 Å². The minimum Gasteiger partial charge on any atom is -0.396 e. The Balaban J connectivity index is 2.11. The molecule has 0 saturated carbocycles. The molecule has 6 heteroatoms. The van der Waals surface area contributed by atoms with Crippen molar-refractivity contribution in [2.75, 3.05) is 18.1 Å².